The van der Waals surface area contributed by atoms with Crippen molar-refractivity contribution in [3.05, 3.63) is 11.5 Å². The van der Waals surface area contributed by atoms with Gasteiger partial charge in [0.05, 0.1) is 19.1 Å². The number of hydrogen-bond acceptors (Lipinski definition) is 6. The topological polar surface area (TPSA) is 98.8 Å². The third-order valence-electron chi connectivity index (χ3n) is 1.95. The van der Waals surface area contributed by atoms with Crippen LogP contribution in [0, 0.1) is 0 Å². The van der Waals surface area contributed by atoms with Gasteiger partial charge in [0.25, 0.3) is 0 Å². The highest BCUT2D eigenvalue weighted by Crippen LogP contribution is 2.08. The van der Waals surface area contributed by atoms with E-state index in [0.717, 1.165) is 11.7 Å². The minimum Gasteiger partial charge on any atom is -0.466 e. The van der Waals surface area contributed by atoms with Crippen molar-refractivity contribution in [1.29, 1.82) is 0 Å². The minimum absolute atomic E-state index is 0.181. The Balaban J connectivity index is 4.84. The number of alkyl carbamates (subject to hydrolysis) is 1. The van der Waals surface area contributed by atoms with E-state index in [9.17, 15) is 18.0 Å². The van der Waals surface area contributed by atoms with Crippen molar-refractivity contribution in [3.63, 3.8) is 0 Å². The van der Waals surface area contributed by atoms with Gasteiger partial charge in [-0.05, 0) is 27.7 Å². The molecule has 1 amide bonds. The summed E-state index contributed by atoms with van der Waals surface area (Å²) in [6.45, 7) is 6.94. The molecule has 0 fully saturated rings. The standard InChI is InChI=1S/C13H23NO6S/c1-6-19-11(15)9-10(7-8-21(5,17)18)14-12(16)20-13(2,3)4/h7-8,10H,6,9H2,1-5H3,(H,14,16)/b8-7+/t10-/m1/s1. The van der Waals surface area contributed by atoms with E-state index in [1.807, 2.05) is 0 Å². The Bertz CT molecular complexity index is 489. The summed E-state index contributed by atoms with van der Waals surface area (Å²) in [4.78, 5) is 23.1. The Morgan fingerprint density at radius 3 is 2.29 bits per heavy atom. The number of carbonyl (C=O) groups excluding carboxylic acids is 2. The zero-order chi connectivity index (χ0) is 16.7. The van der Waals surface area contributed by atoms with E-state index in [1.165, 1.54) is 6.08 Å². The molecule has 7 nitrogen and oxygen atoms in total. The summed E-state index contributed by atoms with van der Waals surface area (Å²) < 4.78 is 32.1. The highest BCUT2D eigenvalue weighted by Gasteiger charge is 2.20. The zero-order valence-electron chi connectivity index (χ0n) is 13.0. The summed E-state index contributed by atoms with van der Waals surface area (Å²) in [6, 6.07) is -0.825. The molecule has 0 spiro atoms. The molecule has 0 radical (unpaired) electrons. The van der Waals surface area contributed by atoms with E-state index in [-0.39, 0.29) is 13.0 Å². The largest absolute Gasteiger partial charge is 0.466 e. The van der Waals surface area contributed by atoms with Crippen molar-refractivity contribution in [2.24, 2.45) is 0 Å². The number of esters is 1. The van der Waals surface area contributed by atoms with Gasteiger partial charge in [0.15, 0.2) is 9.84 Å². The Morgan fingerprint density at radius 2 is 1.86 bits per heavy atom. The fraction of sp³-hybridized carbons (Fsp3) is 0.692. The number of amides is 1. The third kappa shape index (κ3) is 11.9. The maximum absolute atomic E-state index is 11.7. The number of sulfone groups is 1. The third-order valence-corrected chi connectivity index (χ3v) is 2.60. The molecule has 0 saturated carbocycles. The summed E-state index contributed by atoms with van der Waals surface area (Å²) in [7, 11) is -3.36. The molecule has 0 aromatic carbocycles. The Kier molecular flexibility index (Phi) is 7.42. The van der Waals surface area contributed by atoms with Crippen LogP contribution in [0.5, 0.6) is 0 Å². The van der Waals surface area contributed by atoms with E-state index in [0.29, 0.717) is 0 Å². The molecule has 8 heteroatoms. The van der Waals surface area contributed by atoms with Crippen molar-refractivity contribution >= 4 is 21.9 Å². The smallest absolute Gasteiger partial charge is 0.408 e. The van der Waals surface area contributed by atoms with Crippen LogP contribution in [0.4, 0.5) is 4.79 Å². The van der Waals surface area contributed by atoms with E-state index < -0.39 is 33.5 Å². The highest BCUT2D eigenvalue weighted by molar-refractivity contribution is 7.93. The molecule has 21 heavy (non-hydrogen) atoms. The second-order valence-electron chi connectivity index (χ2n) is 5.42. The first-order chi connectivity index (χ1) is 9.43. The van der Waals surface area contributed by atoms with Gasteiger partial charge in [-0.3, -0.25) is 4.79 Å². The molecule has 1 N–H and O–H groups in total. The summed E-state index contributed by atoms with van der Waals surface area (Å²) in [5.74, 6) is -0.545. The average molecular weight is 321 g/mol. The predicted molar refractivity (Wildman–Crippen MR) is 78.4 cm³/mol. The molecule has 0 aliphatic rings. The summed E-state index contributed by atoms with van der Waals surface area (Å²) in [5, 5.41) is 3.35. The first kappa shape index (κ1) is 19.4. The number of ether oxygens (including phenoxy) is 2. The van der Waals surface area contributed by atoms with Gasteiger partial charge in [-0.1, -0.05) is 6.08 Å². The zero-order valence-corrected chi connectivity index (χ0v) is 13.8. The molecule has 0 aliphatic carbocycles. The average Bonchev–Trinajstić information content (AvgIpc) is 2.22. The lowest BCUT2D eigenvalue weighted by molar-refractivity contribution is -0.143. The minimum atomic E-state index is -3.36. The van der Waals surface area contributed by atoms with E-state index >= 15 is 0 Å². The molecular weight excluding hydrogens is 298 g/mol. The maximum atomic E-state index is 11.7. The van der Waals surface area contributed by atoms with E-state index in [1.54, 1.807) is 27.7 Å². The van der Waals surface area contributed by atoms with Crippen molar-refractivity contribution in [3.8, 4) is 0 Å². The van der Waals surface area contributed by atoms with Crippen LogP contribution < -0.4 is 5.32 Å². The monoisotopic (exact) mass is 321 g/mol. The van der Waals surface area contributed by atoms with Crippen LogP contribution in [0.3, 0.4) is 0 Å². The summed E-state index contributed by atoms with van der Waals surface area (Å²) >= 11 is 0. The number of nitrogens with one attached hydrogen (secondary N) is 1. The van der Waals surface area contributed by atoms with Gasteiger partial charge in [0, 0.05) is 11.7 Å². The van der Waals surface area contributed by atoms with Crippen LogP contribution in [0.15, 0.2) is 11.5 Å². The van der Waals surface area contributed by atoms with Crippen molar-refractivity contribution in [2.45, 2.75) is 45.8 Å². The summed E-state index contributed by atoms with van der Waals surface area (Å²) in [5.41, 5.74) is -0.695. The van der Waals surface area contributed by atoms with Gasteiger partial charge in [-0.2, -0.15) is 0 Å². The van der Waals surface area contributed by atoms with Gasteiger partial charge in [0.1, 0.15) is 5.60 Å². The van der Waals surface area contributed by atoms with E-state index in [2.05, 4.69) is 5.32 Å². The van der Waals surface area contributed by atoms with E-state index in [4.69, 9.17) is 9.47 Å². The Morgan fingerprint density at radius 1 is 1.29 bits per heavy atom. The number of hydrogen-bond donors (Lipinski definition) is 1. The molecule has 0 rings (SSSR count). The van der Waals surface area contributed by atoms with Crippen LogP contribution in [0.2, 0.25) is 0 Å². The highest BCUT2D eigenvalue weighted by atomic mass is 32.2. The lowest BCUT2D eigenvalue weighted by Crippen LogP contribution is -2.39. The normalized spacial score (nSPS) is 13.8. The molecule has 0 aliphatic heterocycles. The van der Waals surface area contributed by atoms with Gasteiger partial charge < -0.3 is 14.8 Å². The number of carbonyl (C=O) groups is 2. The van der Waals surface area contributed by atoms with Crippen LogP contribution in [0.25, 0.3) is 0 Å². The molecule has 0 saturated heterocycles. The van der Waals surface area contributed by atoms with Crippen LogP contribution in [-0.2, 0) is 24.1 Å². The molecule has 0 unspecified atom stereocenters. The van der Waals surface area contributed by atoms with Crippen LogP contribution >= 0.6 is 0 Å². The number of rotatable bonds is 6. The molecular formula is C13H23NO6S. The molecule has 1 atom stereocenters. The SMILES string of the molecule is CCOC(=O)C[C@@H](/C=C/S(C)(=O)=O)NC(=O)OC(C)(C)C. The molecule has 0 aromatic rings. The second-order valence-corrected chi connectivity index (χ2v) is 7.35. The van der Waals surface area contributed by atoms with Gasteiger partial charge >= 0.3 is 12.1 Å². The second kappa shape index (κ2) is 8.02. The Labute approximate surface area is 125 Å². The molecule has 122 valence electrons. The van der Waals surface area contributed by atoms with Crippen molar-refractivity contribution < 1.29 is 27.5 Å². The molecule has 0 aromatic heterocycles. The van der Waals surface area contributed by atoms with Gasteiger partial charge in [-0.15, -0.1) is 0 Å². The predicted octanol–water partition coefficient (Wildman–Crippen LogP) is 1.39. The van der Waals surface area contributed by atoms with Crippen LogP contribution in [0.1, 0.15) is 34.1 Å². The van der Waals surface area contributed by atoms with Gasteiger partial charge in [0.2, 0.25) is 0 Å². The van der Waals surface area contributed by atoms with Crippen LogP contribution in [-0.4, -0.2) is 45.0 Å². The lowest BCUT2D eigenvalue weighted by Gasteiger charge is -2.22. The fourth-order valence-electron chi connectivity index (χ4n) is 1.26. The summed E-state index contributed by atoms with van der Waals surface area (Å²) in [6.07, 6.45) is 1.31. The van der Waals surface area contributed by atoms with Gasteiger partial charge in [-0.25, -0.2) is 13.2 Å². The molecule has 0 heterocycles. The van der Waals surface area contributed by atoms with Crippen molar-refractivity contribution in [1.82, 2.24) is 5.32 Å². The first-order valence-electron chi connectivity index (χ1n) is 6.46. The Hall–Kier alpha value is -1.57. The van der Waals surface area contributed by atoms with Crippen molar-refractivity contribution in [2.75, 3.05) is 12.9 Å². The quantitative estimate of drug-likeness (QED) is 0.742. The first-order valence-corrected chi connectivity index (χ1v) is 8.42. The fourth-order valence-corrected chi connectivity index (χ4v) is 1.74. The lowest BCUT2D eigenvalue weighted by atomic mass is 10.2. The maximum Gasteiger partial charge on any atom is 0.408 e. The molecule has 0 bridgehead atoms.